The van der Waals surface area contributed by atoms with E-state index in [4.69, 9.17) is 9.47 Å². The van der Waals surface area contributed by atoms with Crippen molar-refractivity contribution < 1.29 is 13.9 Å². The normalized spacial score (nSPS) is 15.0. The van der Waals surface area contributed by atoms with Crippen molar-refractivity contribution in [3.8, 4) is 11.5 Å². The lowest BCUT2D eigenvalue weighted by molar-refractivity contribution is 0.263. The van der Waals surface area contributed by atoms with E-state index >= 15 is 0 Å². The van der Waals surface area contributed by atoms with Gasteiger partial charge in [0.05, 0.1) is 26.3 Å². The molecule has 0 radical (unpaired) electrons. The van der Waals surface area contributed by atoms with Gasteiger partial charge >= 0.3 is 0 Å². The van der Waals surface area contributed by atoms with Crippen LogP contribution in [-0.2, 0) is 6.54 Å². The smallest absolute Gasteiger partial charge is 0.253 e. The van der Waals surface area contributed by atoms with Crippen molar-refractivity contribution in [1.82, 2.24) is 30.1 Å². The first-order chi connectivity index (χ1) is 16.6. The zero-order valence-corrected chi connectivity index (χ0v) is 19.0. The number of nitrogens with zero attached hydrogens (tertiary/aromatic N) is 5. The molecule has 3 heterocycles. The summed E-state index contributed by atoms with van der Waals surface area (Å²) in [6.07, 6.45) is 2.07. The molecule has 1 saturated heterocycles. The third-order valence-corrected chi connectivity index (χ3v) is 6.23. The monoisotopic (exact) mass is 464 g/mol. The van der Waals surface area contributed by atoms with Gasteiger partial charge in [-0.15, -0.1) is 5.10 Å². The van der Waals surface area contributed by atoms with Crippen LogP contribution in [0.2, 0.25) is 0 Å². The minimum absolute atomic E-state index is 0.215. The second-order valence-electron chi connectivity index (χ2n) is 8.32. The topological polar surface area (TPSA) is 98.2 Å². The summed E-state index contributed by atoms with van der Waals surface area (Å²) in [5, 5.41) is 13.2. The molecule has 0 saturated carbocycles. The molecular formula is C24H25FN6O3. The number of pyridine rings is 1. The molecule has 2 aromatic carbocycles. The Balaban J connectivity index is 1.61. The fourth-order valence-electron chi connectivity index (χ4n) is 4.53. The Labute approximate surface area is 195 Å². The molecule has 0 spiro atoms. The van der Waals surface area contributed by atoms with Crippen molar-refractivity contribution in [3.63, 3.8) is 0 Å². The van der Waals surface area contributed by atoms with Crippen LogP contribution in [-0.4, -0.2) is 57.4 Å². The predicted molar refractivity (Wildman–Crippen MR) is 124 cm³/mol. The van der Waals surface area contributed by atoms with Crippen LogP contribution in [0.4, 0.5) is 4.39 Å². The molecule has 1 aliphatic heterocycles. The zero-order chi connectivity index (χ0) is 23.7. The van der Waals surface area contributed by atoms with E-state index in [-0.39, 0.29) is 11.4 Å². The number of methoxy groups -OCH3 is 2. The van der Waals surface area contributed by atoms with Gasteiger partial charge < -0.3 is 14.5 Å². The van der Waals surface area contributed by atoms with Gasteiger partial charge in [0.15, 0.2) is 17.3 Å². The number of aromatic nitrogens is 5. The molecule has 5 rings (SSSR count). The average Bonchev–Trinajstić information content (AvgIpc) is 3.53. The Hall–Kier alpha value is -3.79. The number of halogens is 1. The Morgan fingerprint density at radius 3 is 2.47 bits per heavy atom. The SMILES string of the molecule is COc1cc2cc(C(c3nnnn3Cc3ccc(F)cc3)N3CCCC3)c(=O)[nH]c2cc1OC. The van der Waals surface area contributed by atoms with Gasteiger partial charge in [0.2, 0.25) is 0 Å². The second kappa shape index (κ2) is 9.22. The number of fused-ring (bicyclic) bond motifs is 1. The summed E-state index contributed by atoms with van der Waals surface area (Å²) in [4.78, 5) is 18.5. The summed E-state index contributed by atoms with van der Waals surface area (Å²) in [5.41, 5.74) is 1.85. The Morgan fingerprint density at radius 2 is 1.76 bits per heavy atom. The van der Waals surface area contributed by atoms with E-state index in [1.54, 1.807) is 37.1 Å². The number of likely N-dealkylation sites (tertiary alicyclic amines) is 1. The molecule has 0 bridgehead atoms. The Bertz CT molecular complexity index is 1360. The first-order valence-electron chi connectivity index (χ1n) is 11.1. The molecule has 4 aromatic rings. The van der Waals surface area contributed by atoms with Crippen LogP contribution in [0.5, 0.6) is 11.5 Å². The first kappa shape index (κ1) is 22.0. The van der Waals surface area contributed by atoms with Crippen LogP contribution in [0, 0.1) is 5.82 Å². The highest BCUT2D eigenvalue weighted by Crippen LogP contribution is 2.34. The molecule has 1 N–H and O–H groups in total. The van der Waals surface area contributed by atoms with E-state index in [0.717, 1.165) is 36.9 Å². The summed E-state index contributed by atoms with van der Waals surface area (Å²) in [7, 11) is 3.13. The molecule has 176 valence electrons. The van der Waals surface area contributed by atoms with Crippen molar-refractivity contribution in [2.24, 2.45) is 0 Å². The van der Waals surface area contributed by atoms with Gasteiger partial charge in [0.25, 0.3) is 5.56 Å². The highest BCUT2D eigenvalue weighted by molar-refractivity contribution is 5.83. The Kier molecular flexibility index (Phi) is 5.97. The lowest BCUT2D eigenvalue weighted by Gasteiger charge is -2.26. The summed E-state index contributed by atoms with van der Waals surface area (Å²) in [5.74, 6) is 1.38. The largest absolute Gasteiger partial charge is 0.493 e. The van der Waals surface area contributed by atoms with E-state index < -0.39 is 6.04 Å². The lowest BCUT2D eigenvalue weighted by Crippen LogP contribution is -2.33. The van der Waals surface area contributed by atoms with Crippen LogP contribution >= 0.6 is 0 Å². The number of aromatic amines is 1. The zero-order valence-electron chi connectivity index (χ0n) is 19.0. The van der Waals surface area contributed by atoms with Crippen LogP contribution in [0.25, 0.3) is 10.9 Å². The van der Waals surface area contributed by atoms with E-state index in [1.165, 1.54) is 12.1 Å². The molecule has 34 heavy (non-hydrogen) atoms. The number of rotatable bonds is 7. The molecule has 0 amide bonds. The van der Waals surface area contributed by atoms with Gasteiger partial charge in [0.1, 0.15) is 11.9 Å². The van der Waals surface area contributed by atoms with Crippen LogP contribution in [0.3, 0.4) is 0 Å². The first-order valence-corrected chi connectivity index (χ1v) is 11.1. The standard InChI is InChI=1S/C24H25FN6O3/c1-33-20-12-16-11-18(24(32)26-19(16)13-21(20)34-2)22(30-9-3-4-10-30)23-27-28-29-31(23)14-15-5-7-17(25)8-6-15/h5-8,11-13,22H,3-4,9-10,14H2,1-2H3,(H,26,32). The van der Waals surface area contributed by atoms with Crippen molar-refractivity contribution in [2.75, 3.05) is 27.3 Å². The summed E-state index contributed by atoms with van der Waals surface area (Å²) in [6, 6.07) is 11.3. The second-order valence-corrected chi connectivity index (χ2v) is 8.32. The summed E-state index contributed by atoms with van der Waals surface area (Å²) in [6.45, 7) is 2.03. The third-order valence-electron chi connectivity index (χ3n) is 6.23. The van der Waals surface area contributed by atoms with Gasteiger partial charge in [-0.1, -0.05) is 12.1 Å². The predicted octanol–water partition coefficient (Wildman–Crippen LogP) is 2.90. The molecule has 1 fully saturated rings. The fourth-order valence-corrected chi connectivity index (χ4v) is 4.53. The number of tetrazole rings is 1. The maximum Gasteiger partial charge on any atom is 0.253 e. The van der Waals surface area contributed by atoms with Crippen molar-refractivity contribution in [1.29, 1.82) is 0 Å². The summed E-state index contributed by atoms with van der Waals surface area (Å²) < 4.78 is 25.9. The molecule has 2 aromatic heterocycles. The van der Waals surface area contributed by atoms with Crippen molar-refractivity contribution >= 4 is 10.9 Å². The number of hydrogen-bond donors (Lipinski definition) is 1. The number of benzene rings is 2. The van der Waals surface area contributed by atoms with Crippen molar-refractivity contribution in [3.05, 3.63) is 75.6 Å². The maximum absolute atomic E-state index is 13.4. The van der Waals surface area contributed by atoms with Crippen LogP contribution in [0.15, 0.2) is 47.3 Å². The van der Waals surface area contributed by atoms with Crippen LogP contribution in [0.1, 0.15) is 35.8 Å². The van der Waals surface area contributed by atoms with Gasteiger partial charge in [-0.3, -0.25) is 9.69 Å². The lowest BCUT2D eigenvalue weighted by atomic mass is 10.0. The number of ether oxygens (including phenoxy) is 2. The molecule has 1 unspecified atom stereocenters. The Morgan fingerprint density at radius 1 is 1.06 bits per heavy atom. The third kappa shape index (κ3) is 4.12. The highest BCUT2D eigenvalue weighted by Gasteiger charge is 2.32. The van der Waals surface area contributed by atoms with E-state index in [2.05, 4.69) is 25.4 Å². The fraction of sp³-hybridized carbons (Fsp3) is 0.333. The number of hydrogen-bond acceptors (Lipinski definition) is 7. The minimum Gasteiger partial charge on any atom is -0.493 e. The summed E-state index contributed by atoms with van der Waals surface area (Å²) >= 11 is 0. The van der Waals surface area contributed by atoms with Gasteiger partial charge in [-0.05, 0) is 66.2 Å². The quantitative estimate of drug-likeness (QED) is 0.449. The van der Waals surface area contributed by atoms with E-state index in [9.17, 15) is 9.18 Å². The van der Waals surface area contributed by atoms with Crippen molar-refractivity contribution in [2.45, 2.75) is 25.4 Å². The molecular weight excluding hydrogens is 439 g/mol. The van der Waals surface area contributed by atoms with Crippen LogP contribution < -0.4 is 15.0 Å². The highest BCUT2D eigenvalue weighted by atomic mass is 19.1. The molecule has 1 aliphatic rings. The van der Waals surface area contributed by atoms with E-state index in [0.29, 0.717) is 34.9 Å². The number of nitrogens with one attached hydrogen (secondary N) is 1. The molecule has 9 nitrogen and oxygen atoms in total. The van der Waals surface area contributed by atoms with Gasteiger partial charge in [-0.25, -0.2) is 9.07 Å². The van der Waals surface area contributed by atoms with Gasteiger partial charge in [-0.2, -0.15) is 0 Å². The molecule has 10 heteroatoms. The maximum atomic E-state index is 13.4. The minimum atomic E-state index is -0.431. The van der Waals surface area contributed by atoms with E-state index in [1.807, 2.05) is 12.1 Å². The average molecular weight is 465 g/mol. The number of H-pyrrole nitrogens is 1. The molecule has 1 atom stereocenters. The van der Waals surface area contributed by atoms with Gasteiger partial charge in [0, 0.05) is 17.0 Å². The molecule has 0 aliphatic carbocycles.